The van der Waals surface area contributed by atoms with Crippen LogP contribution in [0.2, 0.25) is 0 Å². The summed E-state index contributed by atoms with van der Waals surface area (Å²) in [6, 6.07) is 6.59. The molecule has 0 bridgehead atoms. The Kier molecular flexibility index (Phi) is 4.27. The van der Waals surface area contributed by atoms with Crippen LogP contribution in [-0.2, 0) is 6.54 Å². The van der Waals surface area contributed by atoms with E-state index in [4.69, 9.17) is 11.6 Å². The van der Waals surface area contributed by atoms with Crippen molar-refractivity contribution in [1.82, 2.24) is 5.32 Å². The van der Waals surface area contributed by atoms with Crippen molar-refractivity contribution in [2.75, 3.05) is 6.54 Å². The maximum Gasteiger partial charge on any atom is 0.273 e. The summed E-state index contributed by atoms with van der Waals surface area (Å²) in [4.78, 5) is 10.3. The zero-order valence-electron chi connectivity index (χ0n) is 8.07. The maximum atomic E-state index is 10.7. The number of nitrogens with zero attached hydrogens (tertiary/aromatic N) is 1. The van der Waals surface area contributed by atoms with Gasteiger partial charge in [0.05, 0.1) is 4.92 Å². The van der Waals surface area contributed by atoms with E-state index in [2.05, 4.69) is 11.9 Å². The summed E-state index contributed by atoms with van der Waals surface area (Å²) in [6.45, 7) is 4.36. The van der Waals surface area contributed by atoms with Gasteiger partial charge in [-0.15, -0.1) is 0 Å². The second-order valence-corrected chi connectivity index (χ2v) is 3.54. The van der Waals surface area contributed by atoms with Gasteiger partial charge in [-0.25, -0.2) is 0 Å². The second-order valence-electron chi connectivity index (χ2n) is 3.01. The Morgan fingerprint density at radius 2 is 2.20 bits per heavy atom. The molecule has 0 aliphatic rings. The van der Waals surface area contributed by atoms with Gasteiger partial charge in [-0.3, -0.25) is 10.1 Å². The number of nitro benzene ring substituents is 1. The lowest BCUT2D eigenvalue weighted by Gasteiger charge is -2.04. The Balaban J connectivity index is 2.67. The molecule has 0 aliphatic carbocycles. The Morgan fingerprint density at radius 1 is 1.53 bits per heavy atom. The number of benzene rings is 1. The van der Waals surface area contributed by atoms with Crippen molar-refractivity contribution in [3.8, 4) is 0 Å². The van der Waals surface area contributed by atoms with Crippen LogP contribution < -0.4 is 5.32 Å². The first kappa shape index (κ1) is 11.7. The van der Waals surface area contributed by atoms with E-state index >= 15 is 0 Å². The molecule has 0 saturated carbocycles. The molecule has 0 saturated heterocycles. The smallest absolute Gasteiger partial charge is 0.273 e. The number of hydrogen-bond donors (Lipinski definition) is 1. The zero-order chi connectivity index (χ0) is 11.3. The van der Waals surface area contributed by atoms with E-state index in [-0.39, 0.29) is 5.69 Å². The van der Waals surface area contributed by atoms with E-state index in [0.717, 1.165) is 0 Å². The molecule has 1 rings (SSSR count). The molecule has 0 fully saturated rings. The first-order valence-electron chi connectivity index (χ1n) is 4.37. The van der Waals surface area contributed by atoms with Gasteiger partial charge in [-0.05, 0) is 0 Å². The average Bonchev–Trinajstić information content (AvgIpc) is 2.17. The number of hydrogen-bond acceptors (Lipinski definition) is 3. The van der Waals surface area contributed by atoms with Crippen LogP contribution in [0.1, 0.15) is 5.56 Å². The van der Waals surface area contributed by atoms with Gasteiger partial charge in [0.2, 0.25) is 0 Å². The molecule has 0 atom stereocenters. The van der Waals surface area contributed by atoms with Crippen LogP contribution in [0, 0.1) is 10.1 Å². The largest absolute Gasteiger partial charge is 0.307 e. The van der Waals surface area contributed by atoms with Gasteiger partial charge < -0.3 is 5.32 Å². The van der Waals surface area contributed by atoms with Crippen molar-refractivity contribution in [1.29, 1.82) is 0 Å². The highest BCUT2D eigenvalue weighted by Crippen LogP contribution is 2.17. The van der Waals surface area contributed by atoms with Crippen LogP contribution in [-0.4, -0.2) is 11.5 Å². The Morgan fingerprint density at radius 3 is 2.80 bits per heavy atom. The molecule has 0 radical (unpaired) electrons. The minimum absolute atomic E-state index is 0.116. The Hall–Kier alpha value is -1.39. The lowest BCUT2D eigenvalue weighted by Crippen LogP contribution is -2.15. The van der Waals surface area contributed by atoms with Crippen molar-refractivity contribution >= 4 is 17.3 Å². The minimum atomic E-state index is -0.396. The number of para-hydroxylation sites is 1. The fourth-order valence-corrected chi connectivity index (χ4v) is 1.27. The third-order valence-corrected chi connectivity index (χ3v) is 1.95. The molecule has 0 unspecified atom stereocenters. The first-order chi connectivity index (χ1) is 7.11. The van der Waals surface area contributed by atoms with Gasteiger partial charge in [0.1, 0.15) is 0 Å². The summed E-state index contributed by atoms with van der Waals surface area (Å²) >= 11 is 5.56. The maximum absolute atomic E-state index is 10.7. The molecule has 80 valence electrons. The van der Waals surface area contributed by atoms with Crippen molar-refractivity contribution in [2.24, 2.45) is 0 Å². The van der Waals surface area contributed by atoms with E-state index in [0.29, 0.717) is 23.7 Å². The highest BCUT2D eigenvalue weighted by atomic mass is 35.5. The van der Waals surface area contributed by atoms with Crippen LogP contribution in [0.3, 0.4) is 0 Å². The quantitative estimate of drug-likeness (QED) is 0.620. The lowest BCUT2D eigenvalue weighted by molar-refractivity contribution is -0.385. The predicted molar refractivity (Wildman–Crippen MR) is 59.8 cm³/mol. The third-order valence-electron chi connectivity index (χ3n) is 1.82. The van der Waals surface area contributed by atoms with E-state index in [1.807, 2.05) is 0 Å². The fourth-order valence-electron chi connectivity index (χ4n) is 1.17. The van der Waals surface area contributed by atoms with Crippen LogP contribution in [0.4, 0.5) is 5.69 Å². The summed E-state index contributed by atoms with van der Waals surface area (Å²) in [6.07, 6.45) is 0. The van der Waals surface area contributed by atoms with Crippen LogP contribution in [0.25, 0.3) is 0 Å². The molecule has 0 aliphatic heterocycles. The number of nitro groups is 1. The van der Waals surface area contributed by atoms with E-state index < -0.39 is 4.92 Å². The average molecular weight is 227 g/mol. The fraction of sp³-hybridized carbons (Fsp3) is 0.200. The van der Waals surface area contributed by atoms with Gasteiger partial charge in [-0.1, -0.05) is 36.4 Å². The molecule has 0 amide bonds. The number of halogens is 1. The summed E-state index contributed by atoms with van der Waals surface area (Å²) in [5.74, 6) is 0. The summed E-state index contributed by atoms with van der Waals surface area (Å²) in [5, 5.41) is 14.1. The van der Waals surface area contributed by atoms with Crippen molar-refractivity contribution in [3.05, 3.63) is 51.6 Å². The number of nitrogens with one attached hydrogen (secondary N) is 1. The molecule has 0 heterocycles. The molecule has 0 aromatic heterocycles. The van der Waals surface area contributed by atoms with E-state index in [9.17, 15) is 10.1 Å². The van der Waals surface area contributed by atoms with Crippen LogP contribution in [0.5, 0.6) is 0 Å². The highest BCUT2D eigenvalue weighted by Gasteiger charge is 2.10. The molecule has 1 aromatic rings. The van der Waals surface area contributed by atoms with Crippen molar-refractivity contribution in [2.45, 2.75) is 6.54 Å². The molecular weight excluding hydrogens is 216 g/mol. The predicted octanol–water partition coefficient (Wildman–Crippen LogP) is 2.44. The highest BCUT2D eigenvalue weighted by molar-refractivity contribution is 6.29. The summed E-state index contributed by atoms with van der Waals surface area (Å²) < 4.78 is 0. The number of rotatable bonds is 5. The first-order valence-corrected chi connectivity index (χ1v) is 4.75. The summed E-state index contributed by atoms with van der Waals surface area (Å²) in [5.41, 5.74) is 0.755. The van der Waals surface area contributed by atoms with Gasteiger partial charge in [0.15, 0.2) is 0 Å². The Bertz CT molecular complexity index is 379. The third kappa shape index (κ3) is 3.69. The molecule has 1 N–H and O–H groups in total. The molecule has 15 heavy (non-hydrogen) atoms. The monoisotopic (exact) mass is 226 g/mol. The van der Waals surface area contributed by atoms with Gasteiger partial charge in [0, 0.05) is 29.8 Å². The Labute approximate surface area is 92.7 Å². The van der Waals surface area contributed by atoms with E-state index in [1.54, 1.807) is 18.2 Å². The molecular formula is C10H11ClN2O2. The van der Waals surface area contributed by atoms with Crippen LogP contribution in [0.15, 0.2) is 35.9 Å². The second kappa shape index (κ2) is 5.48. The van der Waals surface area contributed by atoms with Gasteiger partial charge >= 0.3 is 0 Å². The molecule has 5 heteroatoms. The SMILES string of the molecule is C=C(Cl)CNCc1ccccc1[N+](=O)[O-]. The van der Waals surface area contributed by atoms with E-state index in [1.165, 1.54) is 6.07 Å². The van der Waals surface area contributed by atoms with Crippen molar-refractivity contribution < 1.29 is 4.92 Å². The zero-order valence-corrected chi connectivity index (χ0v) is 8.83. The topological polar surface area (TPSA) is 55.2 Å². The molecule has 0 spiro atoms. The minimum Gasteiger partial charge on any atom is -0.307 e. The van der Waals surface area contributed by atoms with Gasteiger partial charge in [-0.2, -0.15) is 0 Å². The van der Waals surface area contributed by atoms with Crippen molar-refractivity contribution in [3.63, 3.8) is 0 Å². The van der Waals surface area contributed by atoms with Crippen LogP contribution >= 0.6 is 11.6 Å². The normalized spacial score (nSPS) is 9.93. The molecule has 4 nitrogen and oxygen atoms in total. The standard InChI is InChI=1S/C10H11ClN2O2/c1-8(11)6-12-7-9-4-2-3-5-10(9)13(14)15/h2-5,12H,1,6-7H2. The molecule has 1 aromatic carbocycles. The lowest BCUT2D eigenvalue weighted by atomic mass is 10.2. The van der Waals surface area contributed by atoms with Gasteiger partial charge in [0.25, 0.3) is 5.69 Å². The summed E-state index contributed by atoms with van der Waals surface area (Å²) in [7, 11) is 0.